The molecule has 1 heterocycles. The quantitative estimate of drug-likeness (QED) is 0.438. The smallest absolute Gasteiger partial charge is 0.251 e. The van der Waals surface area contributed by atoms with Gasteiger partial charge in [0.1, 0.15) is 5.60 Å². The third-order valence-electron chi connectivity index (χ3n) is 3.88. The first kappa shape index (κ1) is 18.6. The van der Waals surface area contributed by atoms with Crippen LogP contribution in [0.4, 0.5) is 5.69 Å². The van der Waals surface area contributed by atoms with Crippen LogP contribution >= 0.6 is 0 Å². The summed E-state index contributed by atoms with van der Waals surface area (Å²) in [5, 5.41) is 9.82. The van der Waals surface area contributed by atoms with E-state index >= 15 is 0 Å². The van der Waals surface area contributed by atoms with Crippen molar-refractivity contribution in [2.75, 3.05) is 26.9 Å². The zero-order valence-corrected chi connectivity index (χ0v) is 13.9. The summed E-state index contributed by atoms with van der Waals surface area (Å²) in [5.41, 5.74) is 17.7. The SMILES string of the molecule is COCC1(CNC(=O)c2cc(CN=[N+]=[N-])cc(N=[N+]=[N-])c2)CCCO1. The lowest BCUT2D eigenvalue weighted by atomic mass is 10.0. The summed E-state index contributed by atoms with van der Waals surface area (Å²) in [7, 11) is 1.59. The van der Waals surface area contributed by atoms with Crippen molar-refractivity contribution in [1.82, 2.24) is 5.32 Å². The summed E-state index contributed by atoms with van der Waals surface area (Å²) in [5.74, 6) is -0.330. The second kappa shape index (κ2) is 8.91. The van der Waals surface area contributed by atoms with Crippen LogP contribution in [0.5, 0.6) is 0 Å². The normalized spacial score (nSPS) is 18.9. The van der Waals surface area contributed by atoms with E-state index in [0.717, 1.165) is 12.8 Å². The number of ether oxygens (including phenoxy) is 2. The van der Waals surface area contributed by atoms with Crippen molar-refractivity contribution in [2.24, 2.45) is 10.2 Å². The van der Waals surface area contributed by atoms with Crippen LogP contribution in [0.15, 0.2) is 28.4 Å². The standard InChI is InChI=1S/C15H19N7O3/c1-24-10-15(3-2-4-25-15)9-18-14(23)12-5-11(8-19-21-16)6-13(7-12)20-22-17/h5-7H,2-4,8-10H2,1H3,(H,18,23). The van der Waals surface area contributed by atoms with Crippen molar-refractivity contribution in [3.63, 3.8) is 0 Å². The van der Waals surface area contributed by atoms with Gasteiger partial charge in [-0.3, -0.25) is 4.79 Å². The summed E-state index contributed by atoms with van der Waals surface area (Å²) in [6.07, 6.45) is 1.73. The molecule has 1 aromatic rings. The molecule has 1 saturated heterocycles. The largest absolute Gasteiger partial charge is 0.382 e. The molecule has 10 heteroatoms. The Balaban J connectivity index is 2.15. The Morgan fingerprint density at radius 3 is 2.88 bits per heavy atom. The third kappa shape index (κ3) is 5.10. The number of nitrogens with zero attached hydrogens (tertiary/aromatic N) is 6. The average Bonchev–Trinajstić information content (AvgIpc) is 3.07. The molecule has 2 rings (SSSR count). The molecule has 1 aliphatic heterocycles. The number of azide groups is 2. The van der Waals surface area contributed by atoms with Crippen LogP contribution in [0.1, 0.15) is 28.8 Å². The van der Waals surface area contributed by atoms with Crippen LogP contribution in [0.2, 0.25) is 0 Å². The van der Waals surface area contributed by atoms with E-state index in [1.54, 1.807) is 19.2 Å². The number of nitrogens with one attached hydrogen (secondary N) is 1. The van der Waals surface area contributed by atoms with Crippen molar-refractivity contribution in [2.45, 2.75) is 25.0 Å². The second-order valence-corrected chi connectivity index (χ2v) is 5.72. The molecule has 0 spiro atoms. The highest BCUT2D eigenvalue weighted by atomic mass is 16.5. The van der Waals surface area contributed by atoms with Crippen LogP contribution in [0.25, 0.3) is 20.9 Å². The lowest BCUT2D eigenvalue weighted by molar-refractivity contribution is -0.0485. The zero-order chi connectivity index (χ0) is 18.1. The van der Waals surface area contributed by atoms with Crippen molar-refractivity contribution in [3.05, 3.63) is 50.2 Å². The number of carbonyl (C=O) groups is 1. The van der Waals surface area contributed by atoms with Gasteiger partial charge >= 0.3 is 0 Å². The topological polar surface area (TPSA) is 145 Å². The van der Waals surface area contributed by atoms with Gasteiger partial charge in [-0.05, 0) is 47.7 Å². The van der Waals surface area contributed by atoms with Crippen LogP contribution in [0, 0.1) is 0 Å². The Hall–Kier alpha value is -2.77. The number of hydrogen-bond donors (Lipinski definition) is 1. The molecule has 0 saturated carbocycles. The van der Waals surface area contributed by atoms with Crippen LogP contribution in [-0.4, -0.2) is 38.4 Å². The Morgan fingerprint density at radius 2 is 2.24 bits per heavy atom. The third-order valence-corrected chi connectivity index (χ3v) is 3.88. The Morgan fingerprint density at radius 1 is 1.40 bits per heavy atom. The fourth-order valence-electron chi connectivity index (χ4n) is 2.78. The maximum Gasteiger partial charge on any atom is 0.251 e. The average molecular weight is 345 g/mol. The molecular formula is C15H19N7O3. The minimum Gasteiger partial charge on any atom is -0.382 e. The maximum absolute atomic E-state index is 12.5. The van der Waals surface area contributed by atoms with Gasteiger partial charge < -0.3 is 14.8 Å². The van der Waals surface area contributed by atoms with Crippen LogP contribution in [0.3, 0.4) is 0 Å². The molecule has 25 heavy (non-hydrogen) atoms. The van der Waals surface area contributed by atoms with Crippen molar-refractivity contribution >= 4 is 11.6 Å². The highest BCUT2D eigenvalue weighted by molar-refractivity contribution is 5.95. The summed E-state index contributed by atoms with van der Waals surface area (Å²) in [6, 6.07) is 4.64. The van der Waals surface area contributed by atoms with Gasteiger partial charge in [0, 0.05) is 41.3 Å². The molecular weight excluding hydrogens is 326 g/mol. The van der Waals surface area contributed by atoms with Gasteiger partial charge in [-0.25, -0.2) is 0 Å². The van der Waals surface area contributed by atoms with E-state index in [9.17, 15) is 4.79 Å². The fraction of sp³-hybridized carbons (Fsp3) is 0.533. The molecule has 1 aromatic carbocycles. The first-order valence-corrected chi connectivity index (χ1v) is 7.73. The summed E-state index contributed by atoms with van der Waals surface area (Å²) < 4.78 is 10.9. The van der Waals surface area contributed by atoms with Gasteiger partial charge in [-0.2, -0.15) is 0 Å². The van der Waals surface area contributed by atoms with E-state index in [-0.39, 0.29) is 18.1 Å². The van der Waals surface area contributed by atoms with Gasteiger partial charge in [-0.15, -0.1) is 0 Å². The van der Waals surface area contributed by atoms with E-state index < -0.39 is 5.60 Å². The monoisotopic (exact) mass is 345 g/mol. The van der Waals surface area contributed by atoms with Gasteiger partial charge in [0.2, 0.25) is 0 Å². The number of hydrogen-bond acceptors (Lipinski definition) is 5. The van der Waals surface area contributed by atoms with E-state index in [1.165, 1.54) is 6.07 Å². The maximum atomic E-state index is 12.5. The number of rotatable bonds is 8. The minimum atomic E-state index is -0.513. The van der Waals surface area contributed by atoms with Gasteiger partial charge in [0.15, 0.2) is 0 Å². The first-order valence-electron chi connectivity index (χ1n) is 7.73. The lowest BCUT2D eigenvalue weighted by Crippen LogP contribution is -2.45. The molecule has 1 fully saturated rings. The van der Waals surface area contributed by atoms with Crippen molar-refractivity contribution in [3.8, 4) is 0 Å². The molecule has 0 aliphatic carbocycles. The number of methoxy groups -OCH3 is 1. The number of benzene rings is 1. The summed E-state index contributed by atoms with van der Waals surface area (Å²) >= 11 is 0. The molecule has 0 aromatic heterocycles. The van der Waals surface area contributed by atoms with Gasteiger partial charge in [0.05, 0.1) is 13.2 Å². The Labute approximate surface area is 144 Å². The summed E-state index contributed by atoms with van der Waals surface area (Å²) in [6.45, 7) is 1.41. The zero-order valence-electron chi connectivity index (χ0n) is 13.9. The molecule has 1 amide bonds. The van der Waals surface area contributed by atoms with E-state index in [1.807, 2.05) is 0 Å². The molecule has 0 radical (unpaired) electrons. The van der Waals surface area contributed by atoms with E-state index in [4.69, 9.17) is 20.5 Å². The highest BCUT2D eigenvalue weighted by Gasteiger charge is 2.35. The highest BCUT2D eigenvalue weighted by Crippen LogP contribution is 2.25. The lowest BCUT2D eigenvalue weighted by Gasteiger charge is -2.27. The Kier molecular flexibility index (Phi) is 6.62. The Bertz CT molecular complexity index is 718. The molecule has 10 nitrogen and oxygen atoms in total. The molecule has 132 valence electrons. The van der Waals surface area contributed by atoms with Gasteiger partial charge in [0.25, 0.3) is 5.91 Å². The predicted molar refractivity (Wildman–Crippen MR) is 90.2 cm³/mol. The van der Waals surface area contributed by atoms with Crippen LogP contribution in [-0.2, 0) is 16.0 Å². The summed E-state index contributed by atoms with van der Waals surface area (Å²) in [4.78, 5) is 17.9. The molecule has 1 unspecified atom stereocenters. The van der Waals surface area contributed by atoms with Crippen molar-refractivity contribution < 1.29 is 14.3 Å². The molecule has 1 N–H and O–H groups in total. The molecule has 1 aliphatic rings. The predicted octanol–water partition coefficient (Wildman–Crippen LogP) is 3.36. The molecule has 0 bridgehead atoms. The molecule has 1 atom stereocenters. The fourth-order valence-corrected chi connectivity index (χ4v) is 2.78. The van der Waals surface area contributed by atoms with E-state index in [0.29, 0.717) is 30.9 Å². The first-order chi connectivity index (χ1) is 12.1. The second-order valence-electron chi connectivity index (χ2n) is 5.72. The minimum absolute atomic E-state index is 0.0578. The number of amides is 1. The number of carbonyl (C=O) groups excluding carboxylic acids is 1. The van der Waals surface area contributed by atoms with Crippen LogP contribution < -0.4 is 5.32 Å². The van der Waals surface area contributed by atoms with Crippen molar-refractivity contribution in [1.29, 1.82) is 0 Å². The van der Waals surface area contributed by atoms with Gasteiger partial charge in [-0.1, -0.05) is 10.2 Å². The van der Waals surface area contributed by atoms with E-state index in [2.05, 4.69) is 25.4 Å².